The van der Waals surface area contributed by atoms with E-state index in [0.717, 1.165) is 31.3 Å². The highest BCUT2D eigenvalue weighted by molar-refractivity contribution is 5.93. The fourth-order valence-electron chi connectivity index (χ4n) is 7.07. The molecule has 0 amide bonds. The lowest BCUT2D eigenvalue weighted by Crippen LogP contribution is -2.45. The Labute approximate surface area is 177 Å². The molecule has 4 heteroatoms. The minimum absolute atomic E-state index is 0.158. The van der Waals surface area contributed by atoms with Crippen molar-refractivity contribution in [2.45, 2.75) is 77.2 Å². The SMILES string of the molecule is CCc1cc(F)c(C2CC3(C)C(O)CCC3C3CCC4=CC(=O)CCC4=C23)c(F)c1. The maximum absolute atomic E-state index is 15.3. The Hall–Kier alpha value is -1.81. The van der Waals surface area contributed by atoms with Crippen LogP contribution in [0.3, 0.4) is 0 Å². The van der Waals surface area contributed by atoms with Crippen LogP contribution in [0.25, 0.3) is 0 Å². The molecule has 0 radical (unpaired) electrons. The monoisotopic (exact) mass is 412 g/mol. The second-order valence-corrected chi connectivity index (χ2v) is 10.0. The second-order valence-electron chi connectivity index (χ2n) is 10.0. The molecular formula is C26H30F2O2. The molecule has 5 atom stereocenters. The van der Waals surface area contributed by atoms with Gasteiger partial charge in [0, 0.05) is 17.9 Å². The summed E-state index contributed by atoms with van der Waals surface area (Å²) in [7, 11) is 0. The van der Waals surface area contributed by atoms with Gasteiger partial charge in [-0.25, -0.2) is 8.78 Å². The minimum atomic E-state index is -0.471. The Kier molecular flexibility index (Phi) is 4.77. The number of benzene rings is 1. The topological polar surface area (TPSA) is 37.3 Å². The summed E-state index contributed by atoms with van der Waals surface area (Å²) in [6.45, 7) is 4.02. The van der Waals surface area contributed by atoms with Crippen molar-refractivity contribution in [3.63, 3.8) is 0 Å². The average Bonchev–Trinajstić information content (AvgIpc) is 3.01. The van der Waals surface area contributed by atoms with Crippen LogP contribution < -0.4 is 0 Å². The Bertz CT molecular complexity index is 952. The molecule has 2 fully saturated rings. The maximum Gasteiger partial charge on any atom is 0.156 e. The van der Waals surface area contributed by atoms with Gasteiger partial charge in [-0.05, 0) is 97.1 Å². The third-order valence-corrected chi connectivity index (χ3v) is 8.58. The number of rotatable bonds is 2. The normalized spacial score (nSPS) is 35.6. The molecule has 0 saturated heterocycles. The van der Waals surface area contributed by atoms with E-state index in [0.29, 0.717) is 37.2 Å². The van der Waals surface area contributed by atoms with E-state index in [-0.39, 0.29) is 28.6 Å². The van der Waals surface area contributed by atoms with E-state index in [9.17, 15) is 9.90 Å². The molecule has 1 N–H and O–H groups in total. The first-order valence-electron chi connectivity index (χ1n) is 11.5. The summed E-state index contributed by atoms with van der Waals surface area (Å²) < 4.78 is 30.6. The number of carbonyl (C=O) groups is 1. The predicted molar refractivity (Wildman–Crippen MR) is 112 cm³/mol. The van der Waals surface area contributed by atoms with E-state index in [1.54, 1.807) is 6.08 Å². The first-order valence-corrected chi connectivity index (χ1v) is 11.5. The number of carbonyl (C=O) groups excluding carboxylic acids is 1. The highest BCUT2D eigenvalue weighted by Gasteiger charge is 2.56. The second kappa shape index (κ2) is 7.12. The summed E-state index contributed by atoms with van der Waals surface area (Å²) >= 11 is 0. The van der Waals surface area contributed by atoms with Crippen LogP contribution in [0.5, 0.6) is 0 Å². The van der Waals surface area contributed by atoms with Crippen LogP contribution >= 0.6 is 0 Å². The van der Waals surface area contributed by atoms with Gasteiger partial charge in [-0.15, -0.1) is 0 Å². The first-order chi connectivity index (χ1) is 14.3. The summed E-state index contributed by atoms with van der Waals surface area (Å²) in [5, 5.41) is 10.9. The third-order valence-electron chi connectivity index (χ3n) is 8.58. The number of aliphatic hydroxyl groups excluding tert-OH is 1. The van der Waals surface area contributed by atoms with E-state index < -0.39 is 17.7 Å². The lowest BCUT2D eigenvalue weighted by molar-refractivity contribution is -0.114. The van der Waals surface area contributed by atoms with Crippen LogP contribution in [0.1, 0.15) is 75.8 Å². The molecular weight excluding hydrogens is 382 g/mol. The Morgan fingerprint density at radius 1 is 1.10 bits per heavy atom. The van der Waals surface area contributed by atoms with Crippen molar-refractivity contribution in [1.29, 1.82) is 0 Å². The smallest absolute Gasteiger partial charge is 0.156 e. The number of hydrogen-bond donors (Lipinski definition) is 1. The molecule has 2 saturated carbocycles. The molecule has 0 aliphatic heterocycles. The zero-order valence-corrected chi connectivity index (χ0v) is 17.8. The molecule has 2 nitrogen and oxygen atoms in total. The number of ketones is 1. The fourth-order valence-corrected chi connectivity index (χ4v) is 7.07. The van der Waals surface area contributed by atoms with Gasteiger partial charge in [0.05, 0.1) is 6.10 Å². The number of aliphatic hydroxyl groups is 1. The van der Waals surface area contributed by atoms with Gasteiger partial charge in [0.25, 0.3) is 0 Å². The highest BCUT2D eigenvalue weighted by Crippen LogP contribution is 2.64. The molecule has 5 rings (SSSR count). The lowest BCUT2D eigenvalue weighted by Gasteiger charge is -2.52. The quantitative estimate of drug-likeness (QED) is 0.668. The van der Waals surface area contributed by atoms with Crippen LogP contribution in [-0.2, 0) is 11.2 Å². The zero-order chi connectivity index (χ0) is 21.2. The Morgan fingerprint density at radius 3 is 2.53 bits per heavy atom. The standard InChI is InChI=1S/C26H30F2O2/c1-3-14-10-21(27)25(22(28)11-14)19-13-26(2)20(8-9-23(26)30)18-6-4-15-12-16(29)5-7-17(15)24(18)19/h10-12,18-20,23,30H,3-9,13H2,1-2H3. The predicted octanol–water partition coefficient (Wildman–Crippen LogP) is 5.79. The summed E-state index contributed by atoms with van der Waals surface area (Å²) in [5.41, 5.74) is 3.92. The summed E-state index contributed by atoms with van der Waals surface area (Å²) in [6.07, 6.45) is 7.12. The minimum Gasteiger partial charge on any atom is -0.393 e. The van der Waals surface area contributed by atoms with Crippen LogP contribution in [0.2, 0.25) is 0 Å². The van der Waals surface area contributed by atoms with Gasteiger partial charge in [-0.2, -0.15) is 0 Å². The van der Waals surface area contributed by atoms with Crippen molar-refractivity contribution >= 4 is 5.78 Å². The van der Waals surface area contributed by atoms with Crippen molar-refractivity contribution < 1.29 is 18.7 Å². The largest absolute Gasteiger partial charge is 0.393 e. The van der Waals surface area contributed by atoms with Crippen LogP contribution in [0.15, 0.2) is 34.9 Å². The van der Waals surface area contributed by atoms with Crippen molar-refractivity contribution in [2.75, 3.05) is 0 Å². The van der Waals surface area contributed by atoms with Gasteiger partial charge >= 0.3 is 0 Å². The lowest BCUT2D eigenvalue weighted by atomic mass is 9.53. The molecule has 0 aromatic heterocycles. The van der Waals surface area contributed by atoms with Crippen molar-refractivity contribution in [2.24, 2.45) is 17.3 Å². The van der Waals surface area contributed by atoms with Crippen molar-refractivity contribution in [1.82, 2.24) is 0 Å². The summed E-state index contributed by atoms with van der Waals surface area (Å²) in [4.78, 5) is 12.0. The fraction of sp³-hybridized carbons (Fsp3) is 0.577. The van der Waals surface area contributed by atoms with Crippen molar-refractivity contribution in [3.8, 4) is 0 Å². The first kappa shape index (κ1) is 20.1. The number of hydrogen-bond acceptors (Lipinski definition) is 2. The average molecular weight is 413 g/mol. The molecule has 160 valence electrons. The van der Waals surface area contributed by atoms with Gasteiger partial charge in [-0.1, -0.05) is 19.4 Å². The Balaban J connectivity index is 1.72. The van der Waals surface area contributed by atoms with Gasteiger partial charge in [0.15, 0.2) is 5.78 Å². The van der Waals surface area contributed by atoms with E-state index in [1.807, 2.05) is 6.92 Å². The number of aryl methyl sites for hydroxylation is 1. The molecule has 4 aliphatic carbocycles. The van der Waals surface area contributed by atoms with Gasteiger partial charge < -0.3 is 5.11 Å². The van der Waals surface area contributed by atoms with Crippen molar-refractivity contribution in [3.05, 3.63) is 57.7 Å². The maximum atomic E-state index is 15.3. The molecule has 4 aliphatic rings. The van der Waals surface area contributed by atoms with Crippen LogP contribution in [-0.4, -0.2) is 17.0 Å². The van der Waals surface area contributed by atoms with Gasteiger partial charge in [0.1, 0.15) is 11.6 Å². The Morgan fingerprint density at radius 2 is 1.83 bits per heavy atom. The molecule has 0 bridgehead atoms. The van der Waals surface area contributed by atoms with E-state index in [2.05, 4.69) is 6.92 Å². The highest BCUT2D eigenvalue weighted by atomic mass is 19.1. The zero-order valence-electron chi connectivity index (χ0n) is 17.8. The van der Waals surface area contributed by atoms with E-state index in [4.69, 9.17) is 0 Å². The number of halogens is 2. The van der Waals surface area contributed by atoms with Crippen LogP contribution in [0, 0.1) is 28.9 Å². The molecule has 30 heavy (non-hydrogen) atoms. The van der Waals surface area contributed by atoms with Gasteiger partial charge in [0.2, 0.25) is 0 Å². The molecule has 1 aromatic rings. The van der Waals surface area contributed by atoms with Gasteiger partial charge in [-0.3, -0.25) is 4.79 Å². The van der Waals surface area contributed by atoms with E-state index in [1.165, 1.54) is 23.3 Å². The number of allylic oxidation sites excluding steroid dienone is 4. The molecule has 1 aromatic carbocycles. The summed E-state index contributed by atoms with van der Waals surface area (Å²) in [5.74, 6) is -0.586. The number of fused-ring (bicyclic) bond motifs is 4. The molecule has 0 spiro atoms. The summed E-state index contributed by atoms with van der Waals surface area (Å²) in [6, 6.07) is 2.95. The third kappa shape index (κ3) is 2.86. The van der Waals surface area contributed by atoms with Crippen LogP contribution in [0.4, 0.5) is 8.78 Å². The molecule has 5 unspecified atom stereocenters. The molecule has 0 heterocycles. The van der Waals surface area contributed by atoms with E-state index >= 15 is 8.78 Å².